The third kappa shape index (κ3) is 3.40. The minimum absolute atomic E-state index is 0.246. The summed E-state index contributed by atoms with van der Waals surface area (Å²) in [4.78, 5) is 4.31. The fourth-order valence-electron chi connectivity index (χ4n) is 1.52. The minimum atomic E-state index is -3.51. The largest absolute Gasteiger partial charge is 0.263 e. The highest BCUT2D eigenvalue weighted by atomic mass is 35.5. The lowest BCUT2D eigenvalue weighted by atomic mass is 10.2. The van der Waals surface area contributed by atoms with Crippen molar-refractivity contribution in [1.82, 2.24) is 4.72 Å². The van der Waals surface area contributed by atoms with Crippen LogP contribution in [0.25, 0.3) is 0 Å². The van der Waals surface area contributed by atoms with Crippen molar-refractivity contribution >= 4 is 38.6 Å². The molecule has 1 heterocycles. The Kier molecular flexibility index (Phi) is 4.53. The SMILES string of the molecule is O=S(=O)(NC1=NCCS1)c1ccc(CCCl)cc1. The van der Waals surface area contributed by atoms with Gasteiger partial charge in [0.1, 0.15) is 0 Å². The van der Waals surface area contributed by atoms with Gasteiger partial charge in [-0.2, -0.15) is 0 Å². The molecule has 1 aliphatic heterocycles. The van der Waals surface area contributed by atoms with Crippen molar-refractivity contribution in [3.63, 3.8) is 0 Å². The fourth-order valence-corrected chi connectivity index (χ4v) is 3.76. The van der Waals surface area contributed by atoms with E-state index < -0.39 is 10.0 Å². The average Bonchev–Trinajstić information content (AvgIpc) is 2.82. The number of hydrogen-bond donors (Lipinski definition) is 1. The second-order valence-corrected chi connectivity index (χ2v) is 6.87. The summed E-state index contributed by atoms with van der Waals surface area (Å²) < 4.78 is 26.5. The number of aliphatic imine (C=N–C) groups is 1. The van der Waals surface area contributed by atoms with Crippen LogP contribution >= 0.6 is 23.4 Å². The summed E-state index contributed by atoms with van der Waals surface area (Å²) in [5.41, 5.74) is 1.02. The molecule has 0 bridgehead atoms. The maximum Gasteiger partial charge on any atom is 0.263 e. The molecule has 0 atom stereocenters. The Hall–Kier alpha value is -0.720. The second kappa shape index (κ2) is 5.95. The van der Waals surface area contributed by atoms with Gasteiger partial charge in [-0.15, -0.1) is 11.6 Å². The molecule has 0 aliphatic carbocycles. The van der Waals surface area contributed by atoms with E-state index in [4.69, 9.17) is 11.6 Å². The standard InChI is InChI=1S/C11H13ClN2O2S2/c12-6-5-9-1-3-10(4-2-9)18(15,16)14-11-13-7-8-17-11/h1-4H,5-8H2,(H,13,14). The van der Waals surface area contributed by atoms with E-state index in [1.807, 2.05) is 0 Å². The van der Waals surface area contributed by atoms with Gasteiger partial charge in [0.05, 0.1) is 11.4 Å². The van der Waals surface area contributed by atoms with E-state index in [-0.39, 0.29) is 4.90 Å². The first-order valence-electron chi connectivity index (χ1n) is 5.47. The Balaban J connectivity index is 2.13. The maximum absolute atomic E-state index is 12.0. The van der Waals surface area contributed by atoms with E-state index in [0.29, 0.717) is 17.6 Å². The minimum Gasteiger partial charge on any atom is -0.261 e. The molecule has 1 aliphatic rings. The van der Waals surface area contributed by atoms with Crippen LogP contribution in [0.3, 0.4) is 0 Å². The van der Waals surface area contributed by atoms with E-state index >= 15 is 0 Å². The summed E-state index contributed by atoms with van der Waals surface area (Å²) in [6.45, 7) is 0.664. The molecule has 0 saturated carbocycles. The van der Waals surface area contributed by atoms with Crippen LogP contribution in [-0.4, -0.2) is 31.8 Å². The number of benzene rings is 1. The van der Waals surface area contributed by atoms with Crippen molar-refractivity contribution < 1.29 is 8.42 Å². The molecular formula is C11H13ClN2O2S2. The van der Waals surface area contributed by atoms with Gasteiger partial charge >= 0.3 is 0 Å². The third-order valence-electron chi connectivity index (χ3n) is 2.42. The number of nitrogens with zero attached hydrogens (tertiary/aromatic N) is 1. The number of halogens is 1. The number of nitrogens with one attached hydrogen (secondary N) is 1. The van der Waals surface area contributed by atoms with E-state index in [1.165, 1.54) is 11.8 Å². The quantitative estimate of drug-likeness (QED) is 0.864. The summed E-state index contributed by atoms with van der Waals surface area (Å²) >= 11 is 7.05. The van der Waals surface area contributed by atoms with Gasteiger partial charge in [0.2, 0.25) is 0 Å². The molecule has 0 aromatic heterocycles. The molecule has 0 unspecified atom stereocenters. The predicted molar refractivity (Wildman–Crippen MR) is 75.9 cm³/mol. The summed E-state index contributed by atoms with van der Waals surface area (Å²) in [5, 5.41) is 0.472. The molecule has 1 N–H and O–H groups in total. The van der Waals surface area contributed by atoms with Gasteiger partial charge in [0.15, 0.2) is 5.17 Å². The Bertz CT molecular complexity index is 541. The molecule has 0 radical (unpaired) electrons. The first-order valence-corrected chi connectivity index (χ1v) is 8.47. The molecule has 0 saturated heterocycles. The van der Waals surface area contributed by atoms with Crippen molar-refractivity contribution in [3.8, 4) is 0 Å². The summed E-state index contributed by atoms with van der Waals surface area (Å²) in [6, 6.07) is 6.73. The van der Waals surface area contributed by atoms with E-state index in [1.54, 1.807) is 24.3 Å². The number of amidine groups is 1. The summed E-state index contributed by atoms with van der Waals surface area (Å²) in [7, 11) is -3.51. The van der Waals surface area contributed by atoms with Gasteiger partial charge in [-0.1, -0.05) is 23.9 Å². The third-order valence-corrected chi connectivity index (χ3v) is 4.99. The van der Waals surface area contributed by atoms with Crippen molar-refractivity contribution in [1.29, 1.82) is 0 Å². The Morgan fingerprint density at radius 3 is 2.61 bits per heavy atom. The van der Waals surface area contributed by atoms with Crippen LogP contribution < -0.4 is 4.72 Å². The lowest BCUT2D eigenvalue weighted by Crippen LogP contribution is -2.27. The average molecular weight is 305 g/mol. The first kappa shape index (κ1) is 13.7. The Morgan fingerprint density at radius 2 is 2.06 bits per heavy atom. The number of alkyl halides is 1. The normalized spacial score (nSPS) is 15.5. The Morgan fingerprint density at radius 1 is 1.33 bits per heavy atom. The zero-order valence-corrected chi connectivity index (χ0v) is 12.0. The van der Waals surface area contributed by atoms with Gasteiger partial charge in [-0.3, -0.25) is 9.71 Å². The molecule has 98 valence electrons. The molecular weight excluding hydrogens is 292 g/mol. The highest BCUT2D eigenvalue weighted by Crippen LogP contribution is 2.15. The maximum atomic E-state index is 12.0. The van der Waals surface area contributed by atoms with E-state index in [0.717, 1.165) is 17.7 Å². The van der Waals surface area contributed by atoms with Crippen LogP contribution in [0.5, 0.6) is 0 Å². The Labute approximate surface area is 116 Å². The van der Waals surface area contributed by atoms with Gasteiger partial charge < -0.3 is 0 Å². The molecule has 1 aromatic carbocycles. The van der Waals surface area contributed by atoms with Gasteiger partial charge in [-0.05, 0) is 24.1 Å². The topological polar surface area (TPSA) is 58.5 Å². The van der Waals surface area contributed by atoms with Crippen LogP contribution in [-0.2, 0) is 16.4 Å². The number of rotatable bonds is 4. The highest BCUT2D eigenvalue weighted by molar-refractivity contribution is 8.15. The van der Waals surface area contributed by atoms with Crippen molar-refractivity contribution in [3.05, 3.63) is 29.8 Å². The monoisotopic (exact) mass is 304 g/mol. The second-order valence-electron chi connectivity index (χ2n) is 3.72. The van der Waals surface area contributed by atoms with Crippen molar-refractivity contribution in [2.75, 3.05) is 18.2 Å². The van der Waals surface area contributed by atoms with Crippen LogP contribution in [0.1, 0.15) is 5.56 Å². The number of hydrogen-bond acceptors (Lipinski definition) is 4. The number of aryl methyl sites for hydroxylation is 1. The lowest BCUT2D eigenvalue weighted by molar-refractivity contribution is 0.593. The summed E-state index contributed by atoms with van der Waals surface area (Å²) in [6.07, 6.45) is 0.734. The molecule has 18 heavy (non-hydrogen) atoms. The smallest absolute Gasteiger partial charge is 0.261 e. The fraction of sp³-hybridized carbons (Fsp3) is 0.364. The van der Waals surface area contributed by atoms with Gasteiger partial charge in [0.25, 0.3) is 10.0 Å². The van der Waals surface area contributed by atoms with Crippen LogP contribution in [0.2, 0.25) is 0 Å². The van der Waals surface area contributed by atoms with Gasteiger partial charge in [-0.25, -0.2) is 8.42 Å². The predicted octanol–water partition coefficient (Wildman–Crippen LogP) is 1.85. The molecule has 0 spiro atoms. The number of thioether (sulfide) groups is 1. The molecule has 0 amide bonds. The summed E-state index contributed by atoms with van der Waals surface area (Å²) in [5.74, 6) is 1.35. The molecule has 4 nitrogen and oxygen atoms in total. The lowest BCUT2D eigenvalue weighted by Gasteiger charge is -2.07. The molecule has 0 fully saturated rings. The van der Waals surface area contributed by atoms with E-state index in [2.05, 4.69) is 9.71 Å². The van der Waals surface area contributed by atoms with Crippen molar-refractivity contribution in [2.45, 2.75) is 11.3 Å². The van der Waals surface area contributed by atoms with Crippen LogP contribution in [0.15, 0.2) is 34.2 Å². The van der Waals surface area contributed by atoms with Gasteiger partial charge in [0, 0.05) is 11.6 Å². The zero-order valence-electron chi connectivity index (χ0n) is 9.60. The molecule has 2 rings (SSSR count). The van der Waals surface area contributed by atoms with Crippen LogP contribution in [0, 0.1) is 0 Å². The van der Waals surface area contributed by atoms with Crippen LogP contribution in [0.4, 0.5) is 0 Å². The number of sulfonamides is 1. The van der Waals surface area contributed by atoms with E-state index in [9.17, 15) is 8.42 Å². The van der Waals surface area contributed by atoms with Crippen molar-refractivity contribution in [2.24, 2.45) is 4.99 Å². The first-order chi connectivity index (χ1) is 8.62. The molecule has 7 heteroatoms. The zero-order chi connectivity index (χ0) is 13.0. The highest BCUT2D eigenvalue weighted by Gasteiger charge is 2.18. The molecule has 1 aromatic rings.